The van der Waals surface area contributed by atoms with E-state index in [1.54, 1.807) is 24.4 Å². The molecule has 2 rings (SSSR count). The molecule has 0 N–H and O–H groups in total. The van der Waals surface area contributed by atoms with E-state index >= 15 is 0 Å². The minimum atomic E-state index is -0.360. The van der Waals surface area contributed by atoms with Gasteiger partial charge in [-0.15, -0.1) is 0 Å². The van der Waals surface area contributed by atoms with E-state index in [-0.39, 0.29) is 5.97 Å². The summed E-state index contributed by atoms with van der Waals surface area (Å²) in [5.41, 5.74) is 2.54. The summed E-state index contributed by atoms with van der Waals surface area (Å²) < 4.78 is 5.23. The van der Waals surface area contributed by atoms with Crippen LogP contribution in [-0.2, 0) is 0 Å². The summed E-state index contributed by atoms with van der Waals surface area (Å²) in [7, 11) is 0. The van der Waals surface area contributed by atoms with Gasteiger partial charge in [-0.2, -0.15) is 0 Å². The molecule has 3 heteroatoms. The molecular formula is C14H13NO2. The maximum atomic E-state index is 11.8. The van der Waals surface area contributed by atoms with Gasteiger partial charge in [-0.05, 0) is 37.6 Å². The number of esters is 1. The van der Waals surface area contributed by atoms with E-state index in [4.69, 9.17) is 4.74 Å². The van der Waals surface area contributed by atoms with Crippen molar-refractivity contribution in [3.8, 4) is 5.75 Å². The molecule has 0 aliphatic heterocycles. The average Bonchev–Trinajstić information content (AvgIpc) is 2.29. The van der Waals surface area contributed by atoms with E-state index < -0.39 is 0 Å². The van der Waals surface area contributed by atoms with Gasteiger partial charge in [-0.25, -0.2) is 4.79 Å². The minimum absolute atomic E-state index is 0.360. The summed E-state index contributed by atoms with van der Waals surface area (Å²) in [5, 5.41) is 0. The topological polar surface area (TPSA) is 39.2 Å². The molecule has 0 aliphatic rings. The van der Waals surface area contributed by atoms with Gasteiger partial charge in [0.15, 0.2) is 0 Å². The number of aromatic nitrogens is 1. The van der Waals surface area contributed by atoms with Crippen molar-refractivity contribution in [2.24, 2.45) is 0 Å². The van der Waals surface area contributed by atoms with Crippen molar-refractivity contribution in [1.29, 1.82) is 0 Å². The van der Waals surface area contributed by atoms with Crippen molar-refractivity contribution in [3.05, 3.63) is 59.4 Å². The quantitative estimate of drug-likeness (QED) is 0.740. The number of benzene rings is 1. The molecule has 0 radical (unpaired) electrons. The number of ether oxygens (including phenoxy) is 1. The highest BCUT2D eigenvalue weighted by Gasteiger charge is 2.08. The molecule has 0 bridgehead atoms. The van der Waals surface area contributed by atoms with Crippen molar-refractivity contribution in [3.63, 3.8) is 0 Å². The molecule has 0 amide bonds. The Morgan fingerprint density at radius 1 is 1.12 bits per heavy atom. The number of carbonyl (C=O) groups is 1. The number of rotatable bonds is 2. The Bertz CT molecular complexity index is 549. The van der Waals surface area contributed by atoms with E-state index in [1.165, 1.54) is 6.20 Å². The molecule has 3 nitrogen and oxygen atoms in total. The molecule has 0 saturated heterocycles. The summed E-state index contributed by atoms with van der Waals surface area (Å²) in [5.74, 6) is 0.109. The molecular weight excluding hydrogens is 214 g/mol. The van der Waals surface area contributed by atoms with Gasteiger partial charge in [0.1, 0.15) is 5.75 Å². The first-order valence-electron chi connectivity index (χ1n) is 5.35. The van der Waals surface area contributed by atoms with E-state index in [1.807, 2.05) is 26.0 Å². The van der Waals surface area contributed by atoms with E-state index in [2.05, 4.69) is 4.98 Å². The minimum Gasteiger partial charge on any atom is -0.421 e. The van der Waals surface area contributed by atoms with Gasteiger partial charge in [-0.1, -0.05) is 17.7 Å². The van der Waals surface area contributed by atoms with Gasteiger partial charge in [0.25, 0.3) is 0 Å². The molecule has 2 aromatic rings. The summed E-state index contributed by atoms with van der Waals surface area (Å²) in [4.78, 5) is 15.8. The second-order valence-corrected chi connectivity index (χ2v) is 3.96. The Hall–Kier alpha value is -2.16. The fraction of sp³-hybridized carbons (Fsp3) is 0.143. The lowest BCUT2D eigenvalue weighted by Gasteiger charge is -2.04. The van der Waals surface area contributed by atoms with Crippen molar-refractivity contribution >= 4 is 5.97 Å². The van der Waals surface area contributed by atoms with Crippen LogP contribution < -0.4 is 4.74 Å². The van der Waals surface area contributed by atoms with Gasteiger partial charge in [0.2, 0.25) is 0 Å². The predicted molar refractivity (Wildman–Crippen MR) is 65.1 cm³/mol. The van der Waals surface area contributed by atoms with Crippen molar-refractivity contribution in [2.45, 2.75) is 13.8 Å². The summed E-state index contributed by atoms with van der Waals surface area (Å²) in [6.45, 7) is 3.84. The van der Waals surface area contributed by atoms with Gasteiger partial charge in [0, 0.05) is 6.20 Å². The predicted octanol–water partition coefficient (Wildman–Crippen LogP) is 2.92. The molecule has 0 fully saturated rings. The first-order valence-corrected chi connectivity index (χ1v) is 5.35. The number of hydrogen-bond donors (Lipinski definition) is 0. The highest BCUT2D eigenvalue weighted by Crippen LogP contribution is 2.13. The molecule has 1 heterocycles. The Labute approximate surface area is 100 Å². The van der Waals surface area contributed by atoms with Gasteiger partial charge >= 0.3 is 5.97 Å². The van der Waals surface area contributed by atoms with Crippen LogP contribution in [0.5, 0.6) is 5.75 Å². The lowest BCUT2D eigenvalue weighted by molar-refractivity contribution is 0.0734. The fourth-order valence-corrected chi connectivity index (χ4v) is 1.52. The second kappa shape index (κ2) is 4.78. The number of carbonyl (C=O) groups excluding carboxylic acids is 1. The SMILES string of the molecule is Cc1cncc(OC(=O)c2cccc(C)c2)c1. The molecule has 0 unspecified atom stereocenters. The lowest BCUT2D eigenvalue weighted by Crippen LogP contribution is -2.08. The molecule has 0 atom stereocenters. The standard InChI is InChI=1S/C14H13NO2/c1-10-4-3-5-12(6-10)14(16)17-13-7-11(2)8-15-9-13/h3-9H,1-2H3. The molecule has 86 valence electrons. The number of aryl methyl sites for hydroxylation is 2. The normalized spacial score (nSPS) is 10.0. The Balaban J connectivity index is 2.17. The first kappa shape index (κ1) is 11.3. The summed E-state index contributed by atoms with van der Waals surface area (Å²) in [6, 6.07) is 9.08. The zero-order chi connectivity index (χ0) is 12.3. The molecule has 0 spiro atoms. The summed E-state index contributed by atoms with van der Waals surface area (Å²) in [6.07, 6.45) is 3.24. The zero-order valence-corrected chi connectivity index (χ0v) is 9.81. The van der Waals surface area contributed by atoms with Crippen LogP contribution in [0.1, 0.15) is 21.5 Å². The monoisotopic (exact) mass is 227 g/mol. The highest BCUT2D eigenvalue weighted by atomic mass is 16.5. The van der Waals surface area contributed by atoms with Gasteiger partial charge < -0.3 is 4.74 Å². The molecule has 1 aromatic carbocycles. The van der Waals surface area contributed by atoms with Crippen LogP contribution >= 0.6 is 0 Å². The Morgan fingerprint density at radius 3 is 2.65 bits per heavy atom. The van der Waals surface area contributed by atoms with Crippen LogP contribution in [0, 0.1) is 13.8 Å². The van der Waals surface area contributed by atoms with Crippen LogP contribution in [-0.4, -0.2) is 11.0 Å². The molecule has 17 heavy (non-hydrogen) atoms. The van der Waals surface area contributed by atoms with Crippen LogP contribution in [0.15, 0.2) is 42.7 Å². The van der Waals surface area contributed by atoms with Crippen LogP contribution in [0.25, 0.3) is 0 Å². The Morgan fingerprint density at radius 2 is 1.94 bits per heavy atom. The molecule has 0 saturated carbocycles. The van der Waals surface area contributed by atoms with E-state index in [0.29, 0.717) is 11.3 Å². The zero-order valence-electron chi connectivity index (χ0n) is 9.81. The maximum absolute atomic E-state index is 11.8. The molecule has 1 aromatic heterocycles. The Kier molecular flexibility index (Phi) is 3.19. The number of nitrogens with zero attached hydrogens (tertiary/aromatic N) is 1. The third-order valence-electron chi connectivity index (χ3n) is 2.31. The number of hydrogen-bond acceptors (Lipinski definition) is 3. The van der Waals surface area contributed by atoms with Crippen molar-refractivity contribution in [2.75, 3.05) is 0 Å². The highest BCUT2D eigenvalue weighted by molar-refractivity contribution is 5.91. The maximum Gasteiger partial charge on any atom is 0.343 e. The van der Waals surface area contributed by atoms with Crippen LogP contribution in [0.4, 0.5) is 0 Å². The van der Waals surface area contributed by atoms with Crippen molar-refractivity contribution in [1.82, 2.24) is 4.98 Å². The smallest absolute Gasteiger partial charge is 0.343 e. The third kappa shape index (κ3) is 2.91. The third-order valence-corrected chi connectivity index (χ3v) is 2.31. The van der Waals surface area contributed by atoms with Crippen molar-refractivity contribution < 1.29 is 9.53 Å². The van der Waals surface area contributed by atoms with E-state index in [9.17, 15) is 4.79 Å². The lowest BCUT2D eigenvalue weighted by atomic mass is 10.1. The number of pyridine rings is 1. The van der Waals surface area contributed by atoms with Gasteiger partial charge in [0.05, 0.1) is 11.8 Å². The second-order valence-electron chi connectivity index (χ2n) is 3.96. The largest absolute Gasteiger partial charge is 0.421 e. The first-order chi connectivity index (χ1) is 8.15. The molecule has 0 aliphatic carbocycles. The van der Waals surface area contributed by atoms with Crippen LogP contribution in [0.2, 0.25) is 0 Å². The fourth-order valence-electron chi connectivity index (χ4n) is 1.52. The average molecular weight is 227 g/mol. The van der Waals surface area contributed by atoms with Crippen LogP contribution in [0.3, 0.4) is 0 Å². The van der Waals surface area contributed by atoms with E-state index in [0.717, 1.165) is 11.1 Å². The summed E-state index contributed by atoms with van der Waals surface area (Å²) >= 11 is 0. The van der Waals surface area contributed by atoms with Gasteiger partial charge in [-0.3, -0.25) is 4.98 Å².